The lowest BCUT2D eigenvalue weighted by atomic mass is 10.4. The summed E-state index contributed by atoms with van der Waals surface area (Å²) in [5.41, 5.74) is 0. The zero-order valence-electron chi connectivity index (χ0n) is 6.65. The molecule has 7 heteroatoms. The van der Waals surface area contributed by atoms with Gasteiger partial charge in [0.15, 0.2) is 0 Å². The number of rotatable bonds is 3. The molecule has 0 unspecified atom stereocenters. The largest absolute Gasteiger partial charge is 0.332 e. The molecule has 0 fully saturated rings. The van der Waals surface area contributed by atoms with Gasteiger partial charge in [-0.1, -0.05) is 17.8 Å². The minimum atomic E-state index is -4.82. The van der Waals surface area contributed by atoms with Crippen LogP contribution in [0.3, 0.4) is 0 Å². The van der Waals surface area contributed by atoms with Gasteiger partial charge in [0.2, 0.25) is 0 Å². The topological polar surface area (TPSA) is 34.1 Å². The lowest BCUT2D eigenvalue weighted by Crippen LogP contribution is -1.92. The molecule has 0 saturated heterocycles. The molecule has 2 nitrogen and oxygen atoms in total. The summed E-state index contributed by atoms with van der Waals surface area (Å²) in [7, 11) is -4.82. The van der Waals surface area contributed by atoms with E-state index in [4.69, 9.17) is 0 Å². The third-order valence-electron chi connectivity index (χ3n) is 1.31. The first-order chi connectivity index (χ1) is 6.39. The van der Waals surface area contributed by atoms with E-state index in [1.807, 2.05) is 0 Å². The normalized spacial score (nSPS) is 12.0. The van der Waals surface area contributed by atoms with Crippen LogP contribution in [0.15, 0.2) is 34.1 Å². The van der Waals surface area contributed by atoms with Crippen LogP contribution < -0.4 is 0 Å². The fraction of sp³-hybridized carbons (Fsp3) is 0.143. The molecule has 78 valence electrons. The van der Waals surface area contributed by atoms with Crippen molar-refractivity contribution in [3.8, 4) is 0 Å². The Hall–Kier alpha value is -0.690. The van der Waals surface area contributed by atoms with Crippen LogP contribution in [0.5, 0.6) is 0 Å². The van der Waals surface area contributed by atoms with Gasteiger partial charge in [-0.2, -0.15) is 17.2 Å². The van der Waals surface area contributed by atoms with Crippen LogP contribution >= 0.6 is 11.8 Å². The van der Waals surface area contributed by atoms with Crippen LogP contribution in [0.4, 0.5) is 12.7 Å². The predicted molar refractivity (Wildman–Crippen MR) is 46.6 cm³/mol. The summed E-state index contributed by atoms with van der Waals surface area (Å²) in [4.78, 5) is -0.595. The SMILES string of the molecule is O=S(=O)(F)c1cccc(SC(F)F)c1. The van der Waals surface area contributed by atoms with Crippen molar-refractivity contribution in [3.05, 3.63) is 24.3 Å². The van der Waals surface area contributed by atoms with Crippen molar-refractivity contribution >= 4 is 22.0 Å². The number of halogens is 3. The lowest BCUT2D eigenvalue weighted by molar-refractivity contribution is 0.252. The van der Waals surface area contributed by atoms with Gasteiger partial charge in [0.1, 0.15) is 0 Å². The zero-order chi connectivity index (χ0) is 10.8. The molecule has 1 rings (SSSR count). The Morgan fingerprint density at radius 1 is 1.29 bits per heavy atom. The van der Waals surface area contributed by atoms with E-state index in [0.29, 0.717) is 0 Å². The highest BCUT2D eigenvalue weighted by Crippen LogP contribution is 2.27. The summed E-state index contributed by atoms with van der Waals surface area (Å²) in [6.45, 7) is 0. The quantitative estimate of drug-likeness (QED) is 0.603. The number of alkyl halides is 2. The molecule has 0 saturated carbocycles. The number of hydrogen-bond donors (Lipinski definition) is 0. The Labute approximate surface area is 83.3 Å². The van der Waals surface area contributed by atoms with Crippen LogP contribution in [0.25, 0.3) is 0 Å². The standard InChI is InChI=1S/C7H5F3O2S2/c8-7(9)13-5-2-1-3-6(4-5)14(10,11)12/h1-4,7H. The highest BCUT2D eigenvalue weighted by atomic mass is 32.3. The summed E-state index contributed by atoms with van der Waals surface area (Å²) in [5.74, 6) is -2.66. The lowest BCUT2D eigenvalue weighted by Gasteiger charge is -2.00. The molecule has 0 aliphatic carbocycles. The third kappa shape index (κ3) is 3.22. The van der Waals surface area contributed by atoms with Gasteiger partial charge in [0.25, 0.3) is 5.76 Å². The molecule has 0 aliphatic heterocycles. The summed E-state index contributed by atoms with van der Waals surface area (Å²) in [6, 6.07) is 4.36. The van der Waals surface area contributed by atoms with Gasteiger partial charge in [-0.3, -0.25) is 0 Å². The Morgan fingerprint density at radius 2 is 1.93 bits per heavy atom. The fourth-order valence-electron chi connectivity index (χ4n) is 0.802. The molecule has 0 bridgehead atoms. The highest BCUT2D eigenvalue weighted by molar-refractivity contribution is 7.99. The Morgan fingerprint density at radius 3 is 2.43 bits per heavy atom. The number of thioether (sulfide) groups is 1. The molecule has 0 spiro atoms. The molecular formula is C7H5F3O2S2. The monoisotopic (exact) mass is 242 g/mol. The van der Waals surface area contributed by atoms with Crippen molar-refractivity contribution in [1.29, 1.82) is 0 Å². The maximum absolute atomic E-state index is 12.4. The zero-order valence-corrected chi connectivity index (χ0v) is 8.29. The van der Waals surface area contributed by atoms with E-state index in [1.54, 1.807) is 0 Å². The molecule has 0 aliphatic rings. The second kappa shape index (κ2) is 4.22. The molecule has 0 amide bonds. The van der Waals surface area contributed by atoms with E-state index in [0.717, 1.165) is 12.1 Å². The molecule has 1 aromatic rings. The summed E-state index contributed by atoms with van der Waals surface area (Å²) < 4.78 is 57.0. The molecular weight excluding hydrogens is 237 g/mol. The predicted octanol–water partition coefficient (Wildman–Crippen LogP) is 2.66. The van der Waals surface area contributed by atoms with Crippen molar-refractivity contribution in [2.45, 2.75) is 15.5 Å². The van der Waals surface area contributed by atoms with Gasteiger partial charge in [-0.25, -0.2) is 0 Å². The smallest absolute Gasteiger partial charge is 0.198 e. The maximum atomic E-state index is 12.4. The molecule has 0 heterocycles. The van der Waals surface area contributed by atoms with Gasteiger partial charge in [0.05, 0.1) is 4.90 Å². The molecule has 0 N–H and O–H groups in total. The second-order valence-corrected chi connectivity index (χ2v) is 4.70. The van der Waals surface area contributed by atoms with Crippen LogP contribution in [0.1, 0.15) is 0 Å². The van der Waals surface area contributed by atoms with Crippen molar-refractivity contribution in [2.75, 3.05) is 0 Å². The van der Waals surface area contributed by atoms with E-state index in [9.17, 15) is 21.1 Å². The first-order valence-electron chi connectivity index (χ1n) is 3.39. The van der Waals surface area contributed by atoms with Gasteiger partial charge in [-0.05, 0) is 18.2 Å². The fourth-order valence-corrected chi connectivity index (χ4v) is 1.94. The minimum Gasteiger partial charge on any atom is -0.198 e. The van der Waals surface area contributed by atoms with Crippen molar-refractivity contribution in [1.82, 2.24) is 0 Å². The van der Waals surface area contributed by atoms with Crippen molar-refractivity contribution in [3.63, 3.8) is 0 Å². The Bertz CT molecular complexity index is 417. The molecule has 0 aromatic heterocycles. The minimum absolute atomic E-state index is 0.0127. The number of hydrogen-bond acceptors (Lipinski definition) is 3. The average molecular weight is 242 g/mol. The van der Waals surface area contributed by atoms with Crippen LogP contribution in [-0.4, -0.2) is 14.2 Å². The third-order valence-corrected chi connectivity index (χ3v) is 2.83. The first-order valence-corrected chi connectivity index (χ1v) is 5.65. The molecule has 1 aromatic carbocycles. The summed E-state index contributed by atoms with van der Waals surface area (Å²) in [6.07, 6.45) is 0. The highest BCUT2D eigenvalue weighted by Gasteiger charge is 2.13. The van der Waals surface area contributed by atoms with Crippen molar-refractivity contribution < 1.29 is 21.1 Å². The van der Waals surface area contributed by atoms with Crippen LogP contribution in [0, 0.1) is 0 Å². The Balaban J connectivity index is 3.02. The second-order valence-electron chi connectivity index (χ2n) is 2.29. The van der Waals surface area contributed by atoms with E-state index >= 15 is 0 Å². The maximum Gasteiger partial charge on any atom is 0.332 e. The average Bonchev–Trinajstić information content (AvgIpc) is 2.01. The summed E-state index contributed by atoms with van der Waals surface area (Å²) >= 11 is 0.164. The van der Waals surface area contributed by atoms with E-state index in [2.05, 4.69) is 0 Å². The first kappa shape index (κ1) is 11.4. The molecule has 14 heavy (non-hydrogen) atoms. The van der Waals surface area contributed by atoms with Crippen LogP contribution in [-0.2, 0) is 10.2 Å². The van der Waals surface area contributed by atoms with Gasteiger partial charge >= 0.3 is 10.2 Å². The van der Waals surface area contributed by atoms with E-state index in [-0.39, 0.29) is 16.7 Å². The number of benzene rings is 1. The Kier molecular flexibility index (Phi) is 3.43. The van der Waals surface area contributed by atoms with Gasteiger partial charge < -0.3 is 0 Å². The summed E-state index contributed by atoms with van der Waals surface area (Å²) in [5, 5.41) is 0. The van der Waals surface area contributed by atoms with Gasteiger partial charge in [0, 0.05) is 4.90 Å². The van der Waals surface area contributed by atoms with E-state index in [1.165, 1.54) is 12.1 Å². The molecule has 0 atom stereocenters. The molecule has 0 radical (unpaired) electrons. The van der Waals surface area contributed by atoms with Crippen molar-refractivity contribution in [2.24, 2.45) is 0 Å². The van der Waals surface area contributed by atoms with Gasteiger partial charge in [-0.15, -0.1) is 3.89 Å². The van der Waals surface area contributed by atoms with E-state index < -0.39 is 20.9 Å². The van der Waals surface area contributed by atoms with Crippen LogP contribution in [0.2, 0.25) is 0 Å².